The Morgan fingerprint density at radius 2 is 1.81 bits per heavy atom. The average molecular weight is 434 g/mol. The molecule has 0 aliphatic carbocycles. The molecular formula is C23H27N7O2. The Morgan fingerprint density at radius 3 is 2.50 bits per heavy atom. The number of aromatic nitrogens is 5. The molecule has 0 spiro atoms. The van der Waals surface area contributed by atoms with Crippen molar-refractivity contribution in [3.63, 3.8) is 0 Å². The van der Waals surface area contributed by atoms with Gasteiger partial charge in [-0.15, -0.1) is 0 Å². The smallest absolute Gasteiger partial charge is 0.226 e. The first-order valence-corrected chi connectivity index (χ1v) is 10.6. The minimum atomic E-state index is -0.890. The van der Waals surface area contributed by atoms with E-state index in [0.29, 0.717) is 29.5 Å². The number of fused-ring (bicyclic) bond motifs is 1. The van der Waals surface area contributed by atoms with Gasteiger partial charge in [0.05, 0.1) is 24.7 Å². The second-order valence-electron chi connectivity index (χ2n) is 7.80. The zero-order valence-electron chi connectivity index (χ0n) is 18.1. The van der Waals surface area contributed by atoms with E-state index < -0.39 is 6.10 Å². The number of benzene rings is 1. The summed E-state index contributed by atoms with van der Waals surface area (Å²) in [4.78, 5) is 18.0. The number of imidazole rings is 1. The van der Waals surface area contributed by atoms with E-state index in [1.165, 1.54) is 0 Å². The van der Waals surface area contributed by atoms with Gasteiger partial charge < -0.3 is 25.4 Å². The number of aliphatic hydroxyl groups excluding tert-OH is 2. The maximum atomic E-state index is 9.66. The van der Waals surface area contributed by atoms with Crippen LogP contribution in [0.3, 0.4) is 0 Å². The summed E-state index contributed by atoms with van der Waals surface area (Å²) in [5.41, 5.74) is 4.46. The van der Waals surface area contributed by atoms with Crippen molar-refractivity contribution in [3.05, 3.63) is 60.6 Å². The van der Waals surface area contributed by atoms with E-state index in [4.69, 9.17) is 5.11 Å². The Bertz CT molecular complexity index is 1160. The number of nitrogens with zero attached hydrogens (tertiary/aromatic N) is 5. The van der Waals surface area contributed by atoms with Crippen LogP contribution < -0.4 is 10.6 Å². The predicted octanol–water partition coefficient (Wildman–Crippen LogP) is 2.85. The second kappa shape index (κ2) is 9.71. The summed E-state index contributed by atoms with van der Waals surface area (Å²) >= 11 is 0. The lowest BCUT2D eigenvalue weighted by molar-refractivity contribution is 0.105. The monoisotopic (exact) mass is 433 g/mol. The second-order valence-corrected chi connectivity index (χ2v) is 7.80. The normalized spacial score (nSPS) is 12.3. The first kappa shape index (κ1) is 21.7. The Morgan fingerprint density at radius 1 is 1.00 bits per heavy atom. The van der Waals surface area contributed by atoms with Crippen molar-refractivity contribution in [3.8, 4) is 11.3 Å². The number of hydrogen-bond acceptors (Lipinski definition) is 8. The van der Waals surface area contributed by atoms with Gasteiger partial charge in [0.25, 0.3) is 0 Å². The van der Waals surface area contributed by atoms with Crippen LogP contribution in [0, 0.1) is 0 Å². The summed E-state index contributed by atoms with van der Waals surface area (Å²) in [6.45, 7) is 4.48. The number of aliphatic hydroxyl groups is 2. The van der Waals surface area contributed by atoms with E-state index in [1.54, 1.807) is 12.5 Å². The minimum Gasteiger partial charge on any atom is -0.394 e. The fourth-order valence-corrected chi connectivity index (χ4v) is 3.28. The molecule has 4 aromatic rings. The van der Waals surface area contributed by atoms with Gasteiger partial charge in [0.2, 0.25) is 5.95 Å². The number of pyridine rings is 1. The Balaban J connectivity index is 1.56. The summed E-state index contributed by atoms with van der Waals surface area (Å²) in [5.74, 6) is 0.963. The van der Waals surface area contributed by atoms with Crippen LogP contribution in [0.1, 0.15) is 25.5 Å². The van der Waals surface area contributed by atoms with E-state index in [-0.39, 0.29) is 19.2 Å². The molecule has 4 rings (SSSR count). The molecule has 0 saturated carbocycles. The van der Waals surface area contributed by atoms with Crippen molar-refractivity contribution >= 4 is 22.9 Å². The molecule has 1 unspecified atom stereocenters. The first-order chi connectivity index (χ1) is 15.5. The van der Waals surface area contributed by atoms with Gasteiger partial charge in [-0.25, -0.2) is 4.98 Å². The molecule has 0 aliphatic rings. The van der Waals surface area contributed by atoms with Gasteiger partial charge in [0.1, 0.15) is 0 Å². The zero-order valence-corrected chi connectivity index (χ0v) is 18.1. The highest BCUT2D eigenvalue weighted by Crippen LogP contribution is 2.24. The molecule has 3 heterocycles. The van der Waals surface area contributed by atoms with Gasteiger partial charge in [0, 0.05) is 30.9 Å². The van der Waals surface area contributed by atoms with E-state index in [2.05, 4.69) is 56.5 Å². The number of hydrogen-bond donors (Lipinski definition) is 4. The quantitative estimate of drug-likeness (QED) is 0.318. The molecule has 1 aromatic carbocycles. The number of nitrogens with one attached hydrogen (secondary N) is 2. The highest BCUT2D eigenvalue weighted by molar-refractivity contribution is 5.84. The van der Waals surface area contributed by atoms with Gasteiger partial charge in [-0.05, 0) is 31.5 Å². The molecule has 32 heavy (non-hydrogen) atoms. The Labute approximate surface area is 186 Å². The Kier molecular flexibility index (Phi) is 6.58. The molecule has 9 nitrogen and oxygen atoms in total. The lowest BCUT2D eigenvalue weighted by Crippen LogP contribution is -2.24. The van der Waals surface area contributed by atoms with Gasteiger partial charge in [-0.1, -0.05) is 30.3 Å². The summed E-state index contributed by atoms with van der Waals surface area (Å²) in [6, 6.07) is 14.2. The molecule has 1 atom stereocenters. The first-order valence-electron chi connectivity index (χ1n) is 10.6. The molecule has 0 saturated heterocycles. The van der Waals surface area contributed by atoms with Crippen molar-refractivity contribution in [2.24, 2.45) is 0 Å². The standard InChI is InChI=1S/C23H27N7O2/c1-15(2)30-14-27-20-21(28-23(29-22(20)30)26-12-18(32)13-31)25-11-16-6-8-17(9-7-16)19-5-3-4-10-24-19/h3-10,14-15,18,31-32H,11-13H2,1-2H3,(H2,25,26,28,29). The molecule has 0 fully saturated rings. The molecule has 9 heteroatoms. The van der Waals surface area contributed by atoms with Crippen LogP contribution in [0.5, 0.6) is 0 Å². The molecule has 4 N–H and O–H groups in total. The SMILES string of the molecule is CC(C)n1cnc2c(NCc3ccc(-c4ccccn4)cc3)nc(NCC(O)CO)nc21. The molecule has 3 aromatic heterocycles. The lowest BCUT2D eigenvalue weighted by atomic mass is 10.1. The zero-order chi connectivity index (χ0) is 22.5. The van der Waals surface area contributed by atoms with E-state index in [9.17, 15) is 5.11 Å². The number of rotatable bonds is 9. The van der Waals surface area contributed by atoms with Crippen LogP contribution in [0.2, 0.25) is 0 Å². The average Bonchev–Trinajstić information content (AvgIpc) is 3.26. The summed E-state index contributed by atoms with van der Waals surface area (Å²) in [7, 11) is 0. The molecule has 0 amide bonds. The third kappa shape index (κ3) is 4.84. The van der Waals surface area contributed by atoms with Crippen LogP contribution in [-0.2, 0) is 6.54 Å². The highest BCUT2D eigenvalue weighted by atomic mass is 16.3. The fraction of sp³-hybridized carbons (Fsp3) is 0.304. The van der Waals surface area contributed by atoms with Crippen LogP contribution in [0.4, 0.5) is 11.8 Å². The topological polar surface area (TPSA) is 121 Å². The minimum absolute atomic E-state index is 0.145. The van der Waals surface area contributed by atoms with Crippen LogP contribution in [0.25, 0.3) is 22.4 Å². The van der Waals surface area contributed by atoms with Gasteiger partial charge in [0.15, 0.2) is 17.0 Å². The molecule has 0 bridgehead atoms. The van der Waals surface area contributed by atoms with E-state index in [1.807, 2.05) is 34.9 Å². The van der Waals surface area contributed by atoms with Crippen molar-refractivity contribution in [2.75, 3.05) is 23.8 Å². The van der Waals surface area contributed by atoms with Crippen LogP contribution in [0.15, 0.2) is 55.0 Å². The molecule has 0 radical (unpaired) electrons. The van der Waals surface area contributed by atoms with Gasteiger partial charge in [-0.3, -0.25) is 4.98 Å². The summed E-state index contributed by atoms with van der Waals surface area (Å²) in [5, 5.41) is 25.1. The summed E-state index contributed by atoms with van der Waals surface area (Å²) < 4.78 is 1.97. The van der Waals surface area contributed by atoms with Crippen LogP contribution >= 0.6 is 0 Å². The third-order valence-electron chi connectivity index (χ3n) is 5.06. The van der Waals surface area contributed by atoms with Crippen molar-refractivity contribution in [1.29, 1.82) is 0 Å². The van der Waals surface area contributed by atoms with Gasteiger partial charge >= 0.3 is 0 Å². The molecule has 166 valence electrons. The van der Waals surface area contributed by atoms with Crippen LogP contribution in [-0.4, -0.2) is 54.0 Å². The van der Waals surface area contributed by atoms with Crippen molar-refractivity contribution in [1.82, 2.24) is 24.5 Å². The van der Waals surface area contributed by atoms with Gasteiger partial charge in [-0.2, -0.15) is 9.97 Å². The maximum absolute atomic E-state index is 9.66. The van der Waals surface area contributed by atoms with Crippen molar-refractivity contribution in [2.45, 2.75) is 32.5 Å². The molecule has 0 aliphatic heterocycles. The molecular weight excluding hydrogens is 406 g/mol. The third-order valence-corrected chi connectivity index (χ3v) is 5.06. The van der Waals surface area contributed by atoms with E-state index >= 15 is 0 Å². The number of anilines is 2. The predicted molar refractivity (Wildman–Crippen MR) is 124 cm³/mol. The van der Waals surface area contributed by atoms with E-state index in [0.717, 1.165) is 16.8 Å². The van der Waals surface area contributed by atoms with Crippen molar-refractivity contribution < 1.29 is 10.2 Å². The summed E-state index contributed by atoms with van der Waals surface area (Å²) in [6.07, 6.45) is 2.65. The maximum Gasteiger partial charge on any atom is 0.226 e. The Hall–Kier alpha value is -3.56. The fourth-order valence-electron chi connectivity index (χ4n) is 3.28. The lowest BCUT2D eigenvalue weighted by Gasteiger charge is -2.13. The largest absolute Gasteiger partial charge is 0.394 e. The highest BCUT2D eigenvalue weighted by Gasteiger charge is 2.15.